The molecule has 0 unspecified atom stereocenters. The van der Waals surface area contributed by atoms with Crippen LogP contribution in [0.4, 0.5) is 0 Å². The van der Waals surface area contributed by atoms with Crippen LogP contribution < -0.4 is 10.1 Å². The monoisotopic (exact) mass is 223 g/mol. The van der Waals surface area contributed by atoms with Crippen LogP contribution in [0, 0.1) is 0 Å². The van der Waals surface area contributed by atoms with Crippen LogP contribution in [0.3, 0.4) is 0 Å². The average Bonchev–Trinajstić information content (AvgIpc) is 2.34. The fourth-order valence-electron chi connectivity index (χ4n) is 1.50. The summed E-state index contributed by atoms with van der Waals surface area (Å²) in [7, 11) is 1.68. The summed E-state index contributed by atoms with van der Waals surface area (Å²) in [6.45, 7) is 6.57. The second-order valence-electron chi connectivity index (χ2n) is 3.65. The van der Waals surface area contributed by atoms with Crippen LogP contribution in [0.15, 0.2) is 24.3 Å². The van der Waals surface area contributed by atoms with E-state index in [0.717, 1.165) is 25.5 Å². The lowest BCUT2D eigenvalue weighted by Crippen LogP contribution is -2.23. The highest BCUT2D eigenvalue weighted by Crippen LogP contribution is 2.16. The van der Waals surface area contributed by atoms with Crippen molar-refractivity contribution in [2.75, 3.05) is 26.9 Å². The van der Waals surface area contributed by atoms with Gasteiger partial charge < -0.3 is 14.8 Å². The maximum Gasteiger partial charge on any atom is 0.118 e. The second-order valence-corrected chi connectivity index (χ2v) is 3.65. The summed E-state index contributed by atoms with van der Waals surface area (Å²) >= 11 is 0. The topological polar surface area (TPSA) is 30.5 Å². The number of benzene rings is 1. The average molecular weight is 223 g/mol. The van der Waals surface area contributed by atoms with Crippen molar-refractivity contribution >= 4 is 0 Å². The molecule has 0 fully saturated rings. The Morgan fingerprint density at radius 2 is 1.94 bits per heavy atom. The van der Waals surface area contributed by atoms with Gasteiger partial charge in [0.05, 0.1) is 13.7 Å². The first-order chi connectivity index (χ1) is 7.77. The fraction of sp³-hybridized carbons (Fsp3) is 0.538. The highest BCUT2D eigenvalue weighted by Gasteiger charge is 2.03. The largest absolute Gasteiger partial charge is 0.497 e. The third-order valence-electron chi connectivity index (χ3n) is 2.52. The predicted molar refractivity (Wildman–Crippen MR) is 65.9 cm³/mol. The van der Waals surface area contributed by atoms with Crippen molar-refractivity contribution in [3.05, 3.63) is 29.8 Å². The van der Waals surface area contributed by atoms with Crippen molar-refractivity contribution in [2.45, 2.75) is 19.9 Å². The molecule has 3 nitrogen and oxygen atoms in total. The van der Waals surface area contributed by atoms with Crippen LogP contribution in [0.2, 0.25) is 0 Å². The second kappa shape index (κ2) is 7.25. The number of rotatable bonds is 7. The Kier molecular flexibility index (Phi) is 5.90. The standard InChI is InChI=1S/C13H21NO2/c1-4-16-10-9-14-11(2)12-5-7-13(15-3)8-6-12/h5-8,11,14H,4,9-10H2,1-3H3/t11-/m1/s1. The zero-order chi connectivity index (χ0) is 11.8. The third-order valence-corrected chi connectivity index (χ3v) is 2.52. The Labute approximate surface area is 97.8 Å². The first-order valence-corrected chi connectivity index (χ1v) is 5.73. The van der Waals surface area contributed by atoms with Gasteiger partial charge in [0.1, 0.15) is 5.75 Å². The molecule has 1 N–H and O–H groups in total. The molecule has 0 aromatic heterocycles. The highest BCUT2D eigenvalue weighted by molar-refractivity contribution is 5.28. The summed E-state index contributed by atoms with van der Waals surface area (Å²) in [6, 6.07) is 8.46. The molecule has 16 heavy (non-hydrogen) atoms. The molecule has 1 aromatic carbocycles. The molecular weight excluding hydrogens is 202 g/mol. The Morgan fingerprint density at radius 3 is 2.50 bits per heavy atom. The summed E-state index contributed by atoms with van der Waals surface area (Å²) < 4.78 is 10.4. The molecule has 90 valence electrons. The molecule has 1 rings (SSSR count). The van der Waals surface area contributed by atoms with E-state index in [1.807, 2.05) is 19.1 Å². The zero-order valence-corrected chi connectivity index (χ0v) is 10.3. The maximum absolute atomic E-state index is 5.27. The molecule has 1 atom stereocenters. The highest BCUT2D eigenvalue weighted by atomic mass is 16.5. The Hall–Kier alpha value is -1.06. The lowest BCUT2D eigenvalue weighted by Gasteiger charge is -2.14. The fourth-order valence-corrected chi connectivity index (χ4v) is 1.50. The van der Waals surface area contributed by atoms with Gasteiger partial charge in [-0.2, -0.15) is 0 Å². The predicted octanol–water partition coefficient (Wildman–Crippen LogP) is 2.38. The van der Waals surface area contributed by atoms with Crippen LogP contribution in [0.1, 0.15) is 25.5 Å². The van der Waals surface area contributed by atoms with Gasteiger partial charge in [-0.05, 0) is 31.5 Å². The summed E-state index contributed by atoms with van der Waals surface area (Å²) in [6.07, 6.45) is 0. The van der Waals surface area contributed by atoms with Gasteiger partial charge in [-0.15, -0.1) is 0 Å². The van der Waals surface area contributed by atoms with E-state index in [2.05, 4.69) is 24.4 Å². The Balaban J connectivity index is 2.37. The van der Waals surface area contributed by atoms with Gasteiger partial charge in [-0.25, -0.2) is 0 Å². The Morgan fingerprint density at radius 1 is 1.25 bits per heavy atom. The minimum absolute atomic E-state index is 0.339. The van der Waals surface area contributed by atoms with Crippen molar-refractivity contribution in [1.82, 2.24) is 5.32 Å². The molecule has 0 amide bonds. The quantitative estimate of drug-likeness (QED) is 0.720. The minimum atomic E-state index is 0.339. The van der Waals surface area contributed by atoms with E-state index in [1.54, 1.807) is 7.11 Å². The maximum atomic E-state index is 5.27. The van der Waals surface area contributed by atoms with Gasteiger partial charge in [0.2, 0.25) is 0 Å². The summed E-state index contributed by atoms with van der Waals surface area (Å²) in [5.74, 6) is 0.894. The minimum Gasteiger partial charge on any atom is -0.497 e. The number of hydrogen-bond donors (Lipinski definition) is 1. The molecule has 0 aliphatic carbocycles. The Bertz CT molecular complexity index is 284. The molecule has 0 saturated heterocycles. The van der Waals surface area contributed by atoms with Crippen molar-refractivity contribution in [1.29, 1.82) is 0 Å². The lowest BCUT2D eigenvalue weighted by molar-refractivity contribution is 0.147. The number of methoxy groups -OCH3 is 1. The molecule has 0 radical (unpaired) electrons. The third kappa shape index (κ3) is 4.21. The van der Waals surface area contributed by atoms with Crippen LogP contribution in [0.5, 0.6) is 5.75 Å². The normalized spacial score (nSPS) is 12.4. The molecule has 0 aliphatic heterocycles. The molecule has 0 bridgehead atoms. The zero-order valence-electron chi connectivity index (χ0n) is 10.3. The van der Waals surface area contributed by atoms with Crippen LogP contribution in [0.25, 0.3) is 0 Å². The molecule has 0 aliphatic rings. The first kappa shape index (κ1) is 13.0. The van der Waals surface area contributed by atoms with Gasteiger partial charge in [-0.3, -0.25) is 0 Å². The summed E-state index contributed by atoms with van der Waals surface area (Å²) in [4.78, 5) is 0. The van der Waals surface area contributed by atoms with Gasteiger partial charge in [0, 0.05) is 19.2 Å². The van der Waals surface area contributed by atoms with Crippen molar-refractivity contribution in [3.8, 4) is 5.75 Å². The SMILES string of the molecule is CCOCCN[C@H](C)c1ccc(OC)cc1. The first-order valence-electron chi connectivity index (χ1n) is 5.73. The van der Waals surface area contributed by atoms with E-state index in [9.17, 15) is 0 Å². The smallest absolute Gasteiger partial charge is 0.118 e. The number of nitrogens with one attached hydrogen (secondary N) is 1. The van der Waals surface area contributed by atoms with E-state index < -0.39 is 0 Å². The number of hydrogen-bond acceptors (Lipinski definition) is 3. The molecule has 0 saturated carbocycles. The van der Waals surface area contributed by atoms with E-state index in [1.165, 1.54) is 5.56 Å². The molecule has 1 aromatic rings. The van der Waals surface area contributed by atoms with E-state index >= 15 is 0 Å². The van der Waals surface area contributed by atoms with Crippen LogP contribution >= 0.6 is 0 Å². The molecule has 3 heteroatoms. The van der Waals surface area contributed by atoms with Gasteiger partial charge in [-0.1, -0.05) is 12.1 Å². The van der Waals surface area contributed by atoms with Crippen LogP contribution in [-0.2, 0) is 4.74 Å². The summed E-state index contributed by atoms with van der Waals surface area (Å²) in [5, 5.41) is 3.41. The lowest BCUT2D eigenvalue weighted by atomic mass is 10.1. The van der Waals surface area contributed by atoms with Gasteiger partial charge in [0.25, 0.3) is 0 Å². The van der Waals surface area contributed by atoms with Crippen molar-refractivity contribution in [3.63, 3.8) is 0 Å². The molecular formula is C13H21NO2. The van der Waals surface area contributed by atoms with Crippen molar-refractivity contribution < 1.29 is 9.47 Å². The molecule has 0 heterocycles. The summed E-state index contributed by atoms with van der Waals surface area (Å²) in [5.41, 5.74) is 1.26. The van der Waals surface area contributed by atoms with Crippen molar-refractivity contribution in [2.24, 2.45) is 0 Å². The van der Waals surface area contributed by atoms with E-state index in [-0.39, 0.29) is 0 Å². The van der Waals surface area contributed by atoms with E-state index in [0.29, 0.717) is 6.04 Å². The molecule has 0 spiro atoms. The van der Waals surface area contributed by atoms with Gasteiger partial charge in [0.15, 0.2) is 0 Å². The van der Waals surface area contributed by atoms with E-state index in [4.69, 9.17) is 9.47 Å². The number of ether oxygens (including phenoxy) is 2. The van der Waals surface area contributed by atoms with Crippen LogP contribution in [-0.4, -0.2) is 26.9 Å². The van der Waals surface area contributed by atoms with Gasteiger partial charge >= 0.3 is 0 Å².